The SMILES string of the molecule is CC(C)(C)OC(=O)NC1CCC2(C)C=C(NC(O)c3c[nH]c4ccccc4c3=O)C=C12. The molecule has 1 aromatic heterocycles. The Bertz CT molecular complexity index is 1140. The number of amides is 1. The Morgan fingerprint density at radius 2 is 2.06 bits per heavy atom. The third-order valence-corrected chi connectivity index (χ3v) is 5.88. The van der Waals surface area contributed by atoms with Crippen LogP contribution in [-0.4, -0.2) is 27.8 Å². The average molecular weight is 424 g/mol. The molecular weight excluding hydrogens is 394 g/mol. The summed E-state index contributed by atoms with van der Waals surface area (Å²) in [6, 6.07) is 7.08. The maximum atomic E-state index is 12.8. The summed E-state index contributed by atoms with van der Waals surface area (Å²) in [6.45, 7) is 7.61. The number of ether oxygens (including phenoxy) is 1. The first-order valence-electron chi connectivity index (χ1n) is 10.6. The number of carbonyl (C=O) groups is 1. The molecular formula is C24H29N3O4. The van der Waals surface area contributed by atoms with Crippen molar-refractivity contribution in [2.45, 2.75) is 58.4 Å². The van der Waals surface area contributed by atoms with Crippen molar-refractivity contribution < 1.29 is 14.6 Å². The van der Waals surface area contributed by atoms with Crippen LogP contribution >= 0.6 is 0 Å². The minimum absolute atomic E-state index is 0.128. The summed E-state index contributed by atoms with van der Waals surface area (Å²) in [6.07, 6.45) is 5.64. The van der Waals surface area contributed by atoms with Crippen molar-refractivity contribution in [2.75, 3.05) is 0 Å². The summed E-state index contributed by atoms with van der Waals surface area (Å²) in [5, 5.41) is 17.3. The number of fused-ring (bicyclic) bond motifs is 2. The van der Waals surface area contributed by atoms with Crippen molar-refractivity contribution >= 4 is 17.0 Å². The number of H-pyrrole nitrogens is 1. The van der Waals surface area contributed by atoms with Gasteiger partial charge >= 0.3 is 6.09 Å². The van der Waals surface area contributed by atoms with Crippen LogP contribution in [0.2, 0.25) is 0 Å². The number of hydrogen-bond acceptors (Lipinski definition) is 5. The van der Waals surface area contributed by atoms with Gasteiger partial charge < -0.3 is 25.5 Å². The molecule has 0 bridgehead atoms. The van der Waals surface area contributed by atoms with E-state index in [1.54, 1.807) is 18.3 Å². The molecule has 0 radical (unpaired) electrons. The van der Waals surface area contributed by atoms with Gasteiger partial charge in [-0.15, -0.1) is 0 Å². The minimum atomic E-state index is -1.16. The quantitative estimate of drug-likeness (QED) is 0.563. The summed E-state index contributed by atoms with van der Waals surface area (Å²) >= 11 is 0. The van der Waals surface area contributed by atoms with Gasteiger partial charge in [-0.05, 0) is 57.4 Å². The molecule has 4 N–H and O–H groups in total. The molecule has 7 heteroatoms. The lowest BCUT2D eigenvalue weighted by Gasteiger charge is -2.24. The predicted molar refractivity (Wildman–Crippen MR) is 119 cm³/mol. The Balaban J connectivity index is 1.50. The van der Waals surface area contributed by atoms with Crippen LogP contribution < -0.4 is 16.1 Å². The molecule has 1 saturated carbocycles. The number of aromatic nitrogens is 1. The molecule has 0 aliphatic heterocycles. The number of rotatable bonds is 4. The van der Waals surface area contributed by atoms with E-state index < -0.39 is 17.9 Å². The van der Waals surface area contributed by atoms with Gasteiger partial charge in [-0.25, -0.2) is 4.79 Å². The topological polar surface area (TPSA) is 103 Å². The van der Waals surface area contributed by atoms with E-state index in [1.165, 1.54) is 0 Å². The van der Waals surface area contributed by atoms with Crippen molar-refractivity contribution in [3.8, 4) is 0 Å². The second-order valence-corrected chi connectivity index (χ2v) is 9.52. The third-order valence-electron chi connectivity index (χ3n) is 5.88. The summed E-state index contributed by atoms with van der Waals surface area (Å²) in [4.78, 5) is 28.1. The zero-order valence-corrected chi connectivity index (χ0v) is 18.3. The molecule has 164 valence electrons. The standard InChI is InChI=1S/C24H29N3O4/c1-23(2,3)31-22(30)27-19-9-10-24(4)12-14(11-17(19)24)26-21(29)16-13-25-18-8-6-5-7-15(18)20(16)28/h5-8,11-13,19,21,26,29H,9-10H2,1-4H3,(H,25,28)(H,27,30). The molecule has 31 heavy (non-hydrogen) atoms. The molecule has 2 aliphatic rings. The number of benzene rings is 1. The van der Waals surface area contributed by atoms with E-state index in [4.69, 9.17) is 4.74 Å². The first kappa shape index (κ1) is 21.2. The molecule has 4 rings (SSSR count). The van der Waals surface area contributed by atoms with Crippen LogP contribution in [0.5, 0.6) is 0 Å². The minimum Gasteiger partial charge on any atom is -0.444 e. The molecule has 2 aromatic rings. The van der Waals surface area contributed by atoms with Crippen molar-refractivity contribution in [2.24, 2.45) is 5.41 Å². The molecule has 7 nitrogen and oxygen atoms in total. The molecule has 1 fully saturated rings. The van der Waals surface area contributed by atoms with Gasteiger partial charge in [0.05, 0.1) is 11.6 Å². The number of para-hydroxylation sites is 1. The number of carbonyl (C=O) groups excluding carboxylic acids is 1. The fourth-order valence-electron chi connectivity index (χ4n) is 4.42. The van der Waals surface area contributed by atoms with Crippen molar-refractivity contribution in [1.82, 2.24) is 15.6 Å². The highest BCUT2D eigenvalue weighted by atomic mass is 16.6. The van der Waals surface area contributed by atoms with E-state index in [1.807, 2.05) is 39.0 Å². The Morgan fingerprint density at radius 3 is 2.81 bits per heavy atom. The van der Waals surface area contributed by atoms with E-state index in [-0.39, 0.29) is 22.4 Å². The maximum Gasteiger partial charge on any atom is 0.408 e. The number of alkyl carbamates (subject to hydrolysis) is 1. The van der Waals surface area contributed by atoms with Crippen molar-refractivity contribution in [3.63, 3.8) is 0 Å². The number of hydrogen-bond donors (Lipinski definition) is 4. The molecule has 1 heterocycles. The van der Waals surface area contributed by atoms with E-state index in [0.717, 1.165) is 29.6 Å². The summed E-state index contributed by atoms with van der Waals surface area (Å²) < 4.78 is 5.39. The maximum absolute atomic E-state index is 12.8. The van der Waals surface area contributed by atoms with Crippen LogP contribution in [0.25, 0.3) is 10.9 Å². The number of aromatic amines is 1. The highest BCUT2D eigenvalue weighted by Crippen LogP contribution is 2.48. The van der Waals surface area contributed by atoms with E-state index in [9.17, 15) is 14.7 Å². The van der Waals surface area contributed by atoms with E-state index in [2.05, 4.69) is 28.6 Å². The van der Waals surface area contributed by atoms with Gasteiger partial charge in [0.15, 0.2) is 11.7 Å². The lowest BCUT2D eigenvalue weighted by Crippen LogP contribution is -2.39. The summed E-state index contributed by atoms with van der Waals surface area (Å²) in [5.74, 6) is 0. The normalized spacial score (nSPS) is 23.7. The lowest BCUT2D eigenvalue weighted by molar-refractivity contribution is 0.0513. The third kappa shape index (κ3) is 4.23. The number of aliphatic hydroxyl groups excluding tert-OH is 1. The molecule has 3 unspecified atom stereocenters. The van der Waals surface area contributed by atoms with Crippen LogP contribution in [0.15, 0.2) is 58.7 Å². The van der Waals surface area contributed by atoms with Crippen LogP contribution in [0.3, 0.4) is 0 Å². The fourth-order valence-corrected chi connectivity index (χ4v) is 4.42. The van der Waals surface area contributed by atoms with Gasteiger partial charge in [0, 0.05) is 28.2 Å². The predicted octanol–water partition coefficient (Wildman–Crippen LogP) is 3.63. The first-order chi connectivity index (χ1) is 14.6. The zero-order valence-electron chi connectivity index (χ0n) is 18.3. The smallest absolute Gasteiger partial charge is 0.408 e. The Morgan fingerprint density at radius 1 is 1.32 bits per heavy atom. The van der Waals surface area contributed by atoms with Crippen molar-refractivity contribution in [1.29, 1.82) is 0 Å². The summed E-state index contributed by atoms with van der Waals surface area (Å²) in [5.41, 5.74) is 1.80. The highest BCUT2D eigenvalue weighted by molar-refractivity contribution is 5.78. The highest BCUT2D eigenvalue weighted by Gasteiger charge is 2.43. The van der Waals surface area contributed by atoms with Crippen LogP contribution in [0.4, 0.5) is 4.79 Å². The van der Waals surface area contributed by atoms with Gasteiger partial charge in [0.25, 0.3) is 0 Å². The van der Waals surface area contributed by atoms with Gasteiger partial charge in [0.1, 0.15) is 5.60 Å². The number of nitrogens with one attached hydrogen (secondary N) is 3. The molecule has 3 atom stereocenters. The van der Waals surface area contributed by atoms with E-state index >= 15 is 0 Å². The van der Waals surface area contributed by atoms with Gasteiger partial charge in [-0.3, -0.25) is 4.79 Å². The second kappa shape index (κ2) is 7.57. The Labute approximate surface area is 181 Å². The second-order valence-electron chi connectivity index (χ2n) is 9.52. The molecule has 1 amide bonds. The van der Waals surface area contributed by atoms with E-state index in [0.29, 0.717) is 5.39 Å². The van der Waals surface area contributed by atoms with Crippen LogP contribution in [0, 0.1) is 5.41 Å². The van der Waals surface area contributed by atoms with Crippen LogP contribution in [-0.2, 0) is 4.74 Å². The molecule has 0 saturated heterocycles. The Hall–Kier alpha value is -3.06. The average Bonchev–Trinajstić information content (AvgIpc) is 3.14. The molecule has 1 aromatic carbocycles. The molecule has 2 aliphatic carbocycles. The Kier molecular flexibility index (Phi) is 5.17. The zero-order chi connectivity index (χ0) is 22.4. The number of aliphatic hydroxyl groups is 1. The number of pyridine rings is 1. The van der Waals surface area contributed by atoms with Gasteiger partial charge in [0.2, 0.25) is 0 Å². The lowest BCUT2D eigenvalue weighted by atomic mass is 9.87. The van der Waals surface area contributed by atoms with Gasteiger partial charge in [-0.2, -0.15) is 0 Å². The monoisotopic (exact) mass is 423 g/mol. The van der Waals surface area contributed by atoms with Crippen LogP contribution in [0.1, 0.15) is 52.3 Å². The largest absolute Gasteiger partial charge is 0.444 e. The first-order valence-corrected chi connectivity index (χ1v) is 10.6. The molecule has 0 spiro atoms. The van der Waals surface area contributed by atoms with Crippen molar-refractivity contribution in [3.05, 3.63) is 69.7 Å². The summed E-state index contributed by atoms with van der Waals surface area (Å²) in [7, 11) is 0. The number of allylic oxidation sites excluding steroid dienone is 2. The van der Waals surface area contributed by atoms with Gasteiger partial charge in [-0.1, -0.05) is 25.1 Å². The fraction of sp³-hybridized carbons (Fsp3) is 0.417.